The van der Waals surface area contributed by atoms with Crippen molar-refractivity contribution in [2.45, 2.75) is 6.92 Å². The topological polar surface area (TPSA) is 105 Å². The molecule has 1 aromatic rings. The molecule has 6 nitrogen and oxygen atoms in total. The lowest BCUT2D eigenvalue weighted by molar-refractivity contribution is -0.123. The molecule has 0 aromatic heterocycles. The Labute approximate surface area is 104 Å². The number of nitrogens with one attached hydrogen (secondary N) is 1. The van der Waals surface area contributed by atoms with Gasteiger partial charge in [-0.3, -0.25) is 4.79 Å². The normalized spacial score (nSPS) is 9.33. The molecule has 3 N–H and O–H groups in total. The van der Waals surface area contributed by atoms with Crippen molar-refractivity contribution < 1.29 is 14.3 Å². The van der Waals surface area contributed by atoms with Crippen LogP contribution >= 0.6 is 0 Å². The van der Waals surface area contributed by atoms with Crippen LogP contribution in [0.25, 0.3) is 0 Å². The third-order valence-electron chi connectivity index (χ3n) is 2.21. The number of hydrogen-bond donors (Lipinski definition) is 2. The van der Waals surface area contributed by atoms with Gasteiger partial charge in [0.2, 0.25) is 0 Å². The van der Waals surface area contributed by atoms with Gasteiger partial charge in [0.15, 0.2) is 6.61 Å². The van der Waals surface area contributed by atoms with Crippen LogP contribution in [0.2, 0.25) is 0 Å². The van der Waals surface area contributed by atoms with Crippen LogP contribution < -0.4 is 11.1 Å². The van der Waals surface area contributed by atoms with Gasteiger partial charge in [0.25, 0.3) is 5.91 Å². The quantitative estimate of drug-likeness (QED) is 0.454. The Morgan fingerprint density at radius 3 is 2.83 bits per heavy atom. The number of ether oxygens (including phenoxy) is 1. The van der Waals surface area contributed by atoms with Gasteiger partial charge in [-0.15, -0.1) is 0 Å². The van der Waals surface area contributed by atoms with E-state index in [0.717, 1.165) is 0 Å². The number of carbonyl (C=O) groups excluding carboxylic acids is 2. The number of anilines is 1. The summed E-state index contributed by atoms with van der Waals surface area (Å²) in [5.74, 6) is -1.19. The summed E-state index contributed by atoms with van der Waals surface area (Å²) in [5, 5.41) is 10.5. The van der Waals surface area contributed by atoms with Gasteiger partial charge in [0.05, 0.1) is 11.6 Å². The second kappa shape index (κ2) is 6.25. The highest BCUT2D eigenvalue weighted by Gasteiger charge is 2.15. The molecule has 0 saturated carbocycles. The molecule has 0 heterocycles. The molecule has 0 saturated heterocycles. The van der Waals surface area contributed by atoms with Crippen LogP contribution in [0, 0.1) is 18.3 Å². The molecule has 18 heavy (non-hydrogen) atoms. The monoisotopic (exact) mass is 247 g/mol. The minimum atomic E-state index is -0.655. The molecular formula is C12H13N3O3. The number of benzene rings is 1. The van der Waals surface area contributed by atoms with Crippen molar-refractivity contribution in [3.8, 4) is 6.07 Å². The van der Waals surface area contributed by atoms with Gasteiger partial charge in [-0.25, -0.2) is 4.79 Å². The number of aryl methyl sites for hydroxylation is 1. The summed E-state index contributed by atoms with van der Waals surface area (Å²) in [4.78, 5) is 22.9. The fourth-order valence-corrected chi connectivity index (χ4v) is 1.36. The number of nitriles is 1. The summed E-state index contributed by atoms with van der Waals surface area (Å²) < 4.78 is 4.81. The SMILES string of the molecule is Cc1cccc(N)c1C(=O)OCC(=O)NCC#N. The number of nitrogen functional groups attached to an aromatic ring is 1. The predicted molar refractivity (Wildman–Crippen MR) is 64.5 cm³/mol. The Hall–Kier alpha value is -2.55. The Kier molecular flexibility index (Phi) is 4.69. The number of carbonyl (C=O) groups is 2. The molecule has 0 bridgehead atoms. The van der Waals surface area contributed by atoms with Crippen molar-refractivity contribution >= 4 is 17.6 Å². The highest BCUT2D eigenvalue weighted by atomic mass is 16.5. The van der Waals surface area contributed by atoms with E-state index in [-0.39, 0.29) is 12.1 Å². The third-order valence-corrected chi connectivity index (χ3v) is 2.21. The number of nitrogens with zero attached hydrogens (tertiary/aromatic N) is 1. The minimum absolute atomic E-state index is 0.122. The zero-order valence-electron chi connectivity index (χ0n) is 9.90. The molecule has 94 valence electrons. The molecule has 1 rings (SSSR count). The van der Waals surface area contributed by atoms with Gasteiger partial charge >= 0.3 is 5.97 Å². The first-order valence-corrected chi connectivity index (χ1v) is 5.22. The van der Waals surface area contributed by atoms with Crippen LogP contribution in [0.1, 0.15) is 15.9 Å². The molecule has 0 radical (unpaired) electrons. The summed E-state index contributed by atoms with van der Waals surface area (Å²) in [5.41, 5.74) is 6.90. The molecule has 0 fully saturated rings. The van der Waals surface area contributed by atoms with Gasteiger partial charge in [-0.05, 0) is 18.6 Å². The lowest BCUT2D eigenvalue weighted by Gasteiger charge is -2.08. The molecule has 0 atom stereocenters. The lowest BCUT2D eigenvalue weighted by Crippen LogP contribution is -2.29. The van der Waals surface area contributed by atoms with Crippen LogP contribution in [0.4, 0.5) is 5.69 Å². The van der Waals surface area contributed by atoms with E-state index >= 15 is 0 Å². The zero-order valence-corrected chi connectivity index (χ0v) is 9.90. The van der Waals surface area contributed by atoms with E-state index in [4.69, 9.17) is 15.7 Å². The number of hydrogen-bond acceptors (Lipinski definition) is 5. The molecule has 0 unspecified atom stereocenters. The Morgan fingerprint density at radius 2 is 2.22 bits per heavy atom. The first-order chi connectivity index (χ1) is 8.56. The summed E-state index contributed by atoms with van der Waals surface area (Å²) in [6.45, 7) is 1.17. The van der Waals surface area contributed by atoms with Crippen molar-refractivity contribution in [2.75, 3.05) is 18.9 Å². The number of nitrogens with two attached hydrogens (primary N) is 1. The lowest BCUT2D eigenvalue weighted by atomic mass is 10.1. The van der Waals surface area contributed by atoms with Crippen LogP contribution in [-0.2, 0) is 9.53 Å². The molecule has 0 aliphatic rings. The van der Waals surface area contributed by atoms with Gasteiger partial charge < -0.3 is 15.8 Å². The number of esters is 1. The maximum Gasteiger partial charge on any atom is 0.341 e. The predicted octanol–water partition coefficient (Wildman–Crippen LogP) is 0.374. The van der Waals surface area contributed by atoms with Crippen molar-refractivity contribution in [1.29, 1.82) is 5.26 Å². The Balaban J connectivity index is 2.62. The summed E-state index contributed by atoms with van der Waals surface area (Å²) >= 11 is 0. The zero-order chi connectivity index (χ0) is 13.5. The van der Waals surface area contributed by atoms with Gasteiger partial charge in [0, 0.05) is 5.69 Å². The van der Waals surface area contributed by atoms with Crippen LogP contribution in [0.3, 0.4) is 0 Å². The largest absolute Gasteiger partial charge is 0.452 e. The Morgan fingerprint density at radius 1 is 1.50 bits per heavy atom. The standard InChI is InChI=1S/C12H13N3O3/c1-8-3-2-4-9(14)11(8)12(17)18-7-10(16)15-6-5-13/h2-4H,6-7,14H2,1H3,(H,15,16). The fourth-order valence-electron chi connectivity index (χ4n) is 1.36. The van der Waals surface area contributed by atoms with Gasteiger partial charge in [-0.2, -0.15) is 5.26 Å². The second-order valence-electron chi connectivity index (χ2n) is 3.55. The van der Waals surface area contributed by atoms with Crippen LogP contribution in [0.15, 0.2) is 18.2 Å². The van der Waals surface area contributed by atoms with E-state index in [9.17, 15) is 9.59 Å². The Bertz CT molecular complexity index is 486. The smallest absolute Gasteiger partial charge is 0.341 e. The first kappa shape index (κ1) is 13.5. The second-order valence-corrected chi connectivity index (χ2v) is 3.55. The van der Waals surface area contributed by atoms with E-state index in [1.165, 1.54) is 0 Å². The maximum absolute atomic E-state index is 11.7. The van der Waals surface area contributed by atoms with E-state index < -0.39 is 18.5 Å². The van der Waals surface area contributed by atoms with E-state index in [1.807, 2.05) is 0 Å². The maximum atomic E-state index is 11.7. The molecule has 6 heteroatoms. The van der Waals surface area contributed by atoms with Crippen molar-refractivity contribution in [2.24, 2.45) is 0 Å². The van der Waals surface area contributed by atoms with Crippen LogP contribution in [0.5, 0.6) is 0 Å². The van der Waals surface area contributed by atoms with Gasteiger partial charge in [-0.1, -0.05) is 12.1 Å². The van der Waals surface area contributed by atoms with Crippen molar-refractivity contribution in [1.82, 2.24) is 5.32 Å². The highest BCUT2D eigenvalue weighted by molar-refractivity contribution is 5.97. The molecule has 0 aliphatic heterocycles. The average molecular weight is 247 g/mol. The summed E-state index contributed by atoms with van der Waals surface area (Å²) in [7, 11) is 0. The fraction of sp³-hybridized carbons (Fsp3) is 0.250. The van der Waals surface area contributed by atoms with Crippen molar-refractivity contribution in [3.05, 3.63) is 29.3 Å². The minimum Gasteiger partial charge on any atom is -0.452 e. The van der Waals surface area contributed by atoms with Crippen molar-refractivity contribution in [3.63, 3.8) is 0 Å². The summed E-state index contributed by atoms with van der Waals surface area (Å²) in [6.07, 6.45) is 0. The average Bonchev–Trinajstić information content (AvgIpc) is 2.33. The molecule has 0 aliphatic carbocycles. The molecule has 1 aromatic carbocycles. The van der Waals surface area contributed by atoms with E-state index in [2.05, 4.69) is 5.32 Å². The van der Waals surface area contributed by atoms with Gasteiger partial charge in [0.1, 0.15) is 6.54 Å². The molecule has 0 spiro atoms. The molecular weight excluding hydrogens is 234 g/mol. The number of rotatable bonds is 4. The number of amides is 1. The third kappa shape index (κ3) is 3.49. The van der Waals surface area contributed by atoms with E-state index in [0.29, 0.717) is 11.3 Å². The summed E-state index contributed by atoms with van der Waals surface area (Å²) in [6, 6.07) is 6.77. The first-order valence-electron chi connectivity index (χ1n) is 5.22. The van der Waals surface area contributed by atoms with Crippen LogP contribution in [-0.4, -0.2) is 25.0 Å². The van der Waals surface area contributed by atoms with E-state index in [1.54, 1.807) is 31.2 Å². The molecule has 1 amide bonds. The highest BCUT2D eigenvalue weighted by Crippen LogP contribution is 2.17.